The van der Waals surface area contributed by atoms with Crippen LogP contribution in [0.4, 0.5) is 15.8 Å². The van der Waals surface area contributed by atoms with E-state index >= 15 is 0 Å². The van der Waals surface area contributed by atoms with Gasteiger partial charge in [-0.05, 0) is 37.3 Å². The molecule has 4 N–H and O–H groups in total. The summed E-state index contributed by atoms with van der Waals surface area (Å²) in [7, 11) is 1.52. The molecule has 2 aliphatic rings. The van der Waals surface area contributed by atoms with Gasteiger partial charge in [0.05, 0.1) is 24.2 Å². The monoisotopic (exact) mass is 411 g/mol. The highest BCUT2D eigenvalue weighted by molar-refractivity contribution is 5.99. The predicted octanol–water partition coefficient (Wildman–Crippen LogP) is 2.03. The van der Waals surface area contributed by atoms with E-state index in [4.69, 9.17) is 10.5 Å². The molecule has 2 unspecified atom stereocenters. The van der Waals surface area contributed by atoms with E-state index in [1.165, 1.54) is 30.1 Å². The Morgan fingerprint density at radius 3 is 2.90 bits per heavy atom. The van der Waals surface area contributed by atoms with Gasteiger partial charge in [-0.2, -0.15) is 0 Å². The van der Waals surface area contributed by atoms with Crippen LogP contribution in [0.1, 0.15) is 18.9 Å². The topological polar surface area (TPSA) is 109 Å². The number of carbonyl (C=O) groups excluding carboxylic acids is 2. The summed E-state index contributed by atoms with van der Waals surface area (Å²) >= 11 is 0. The maximum atomic E-state index is 14.6. The molecule has 0 fully saturated rings. The summed E-state index contributed by atoms with van der Waals surface area (Å²) in [5.41, 5.74) is 6.03. The first-order valence-corrected chi connectivity index (χ1v) is 9.49. The number of rotatable bonds is 3. The van der Waals surface area contributed by atoms with Crippen LogP contribution in [-0.4, -0.2) is 42.4 Å². The summed E-state index contributed by atoms with van der Waals surface area (Å²) in [5.74, 6) is -0.566. The van der Waals surface area contributed by atoms with Crippen molar-refractivity contribution in [2.45, 2.75) is 25.0 Å². The third-order valence-electron chi connectivity index (χ3n) is 5.32. The largest absolute Gasteiger partial charge is 0.477 e. The Balaban J connectivity index is 1.56. The Labute approximate surface area is 172 Å². The number of anilines is 2. The Bertz CT molecular complexity index is 1060. The number of halogens is 1. The van der Waals surface area contributed by atoms with Gasteiger partial charge in [0.15, 0.2) is 12.1 Å². The zero-order valence-corrected chi connectivity index (χ0v) is 16.6. The maximum Gasteiger partial charge on any atom is 0.267 e. The Kier molecular flexibility index (Phi) is 4.81. The number of ether oxygens (including phenoxy) is 1. The molecule has 8 nitrogen and oxygen atoms in total. The number of hydrogen-bond acceptors (Lipinski definition) is 6. The second-order valence-corrected chi connectivity index (χ2v) is 7.54. The molecule has 2 aromatic rings. The van der Waals surface area contributed by atoms with Gasteiger partial charge >= 0.3 is 0 Å². The molecular weight excluding hydrogens is 389 g/mol. The van der Waals surface area contributed by atoms with Crippen LogP contribution in [0.25, 0.3) is 0 Å². The van der Waals surface area contributed by atoms with E-state index in [9.17, 15) is 14.0 Å². The van der Waals surface area contributed by atoms with Gasteiger partial charge in [0.2, 0.25) is 5.91 Å². The van der Waals surface area contributed by atoms with Gasteiger partial charge in [-0.3, -0.25) is 14.5 Å². The molecule has 30 heavy (non-hydrogen) atoms. The SMILES string of the molecule is CN1C(=O)CC(C)(c2cc(NC(=O)C3CNc4ccccc4O3)ccc2F)N=C1N. The van der Waals surface area contributed by atoms with Crippen LogP contribution in [0.2, 0.25) is 0 Å². The fourth-order valence-corrected chi connectivity index (χ4v) is 3.56. The minimum atomic E-state index is -1.17. The second-order valence-electron chi connectivity index (χ2n) is 7.54. The number of carbonyl (C=O) groups is 2. The lowest BCUT2D eigenvalue weighted by atomic mass is 9.87. The van der Waals surface area contributed by atoms with E-state index in [-0.39, 0.29) is 29.8 Å². The van der Waals surface area contributed by atoms with Crippen LogP contribution in [-0.2, 0) is 15.1 Å². The van der Waals surface area contributed by atoms with Gasteiger partial charge in [0.25, 0.3) is 5.91 Å². The maximum absolute atomic E-state index is 14.6. The zero-order chi connectivity index (χ0) is 21.5. The third kappa shape index (κ3) is 3.54. The summed E-state index contributed by atoms with van der Waals surface area (Å²) in [6, 6.07) is 11.5. The molecular formula is C21H22FN5O3. The number of nitrogens with two attached hydrogens (primary N) is 1. The van der Waals surface area contributed by atoms with Crippen LogP contribution >= 0.6 is 0 Å². The first kappa shape index (κ1) is 19.7. The van der Waals surface area contributed by atoms with E-state index in [0.29, 0.717) is 18.0 Å². The fraction of sp³-hybridized carbons (Fsp3) is 0.286. The average Bonchev–Trinajstić information content (AvgIpc) is 2.73. The van der Waals surface area contributed by atoms with E-state index in [0.717, 1.165) is 5.69 Å². The fourth-order valence-electron chi connectivity index (χ4n) is 3.56. The summed E-state index contributed by atoms with van der Waals surface area (Å²) in [6.07, 6.45) is -0.784. The number of aliphatic imine (C=N–C) groups is 1. The molecule has 9 heteroatoms. The molecule has 0 bridgehead atoms. The zero-order valence-electron chi connectivity index (χ0n) is 16.6. The number of hydrogen-bond donors (Lipinski definition) is 3. The van der Waals surface area contributed by atoms with Crippen LogP contribution < -0.4 is 21.1 Å². The standard InChI is InChI=1S/C21H22FN5O3/c1-21(10-18(28)27(2)20(23)26-21)13-9-12(7-8-14(13)22)25-19(29)17-11-24-15-5-3-4-6-16(15)30-17/h3-9,17,24H,10-11H2,1-2H3,(H2,23,26)(H,25,29). The summed E-state index contributed by atoms with van der Waals surface area (Å²) in [5, 5.41) is 5.90. The highest BCUT2D eigenvalue weighted by Gasteiger charge is 2.38. The van der Waals surface area contributed by atoms with Crippen molar-refractivity contribution >= 4 is 29.1 Å². The Morgan fingerprint density at radius 1 is 1.37 bits per heavy atom. The van der Waals surface area contributed by atoms with Crippen LogP contribution in [0.15, 0.2) is 47.5 Å². The van der Waals surface area contributed by atoms with Crippen molar-refractivity contribution in [3.05, 3.63) is 53.8 Å². The molecule has 0 aliphatic carbocycles. The third-order valence-corrected chi connectivity index (χ3v) is 5.32. The molecule has 0 aromatic heterocycles. The molecule has 2 aromatic carbocycles. The highest BCUT2D eigenvalue weighted by atomic mass is 19.1. The number of nitrogens with zero attached hydrogens (tertiary/aromatic N) is 2. The second kappa shape index (κ2) is 7.33. The van der Waals surface area contributed by atoms with Crippen molar-refractivity contribution in [1.29, 1.82) is 0 Å². The molecule has 2 amide bonds. The quantitative estimate of drug-likeness (QED) is 0.716. The van der Waals surface area contributed by atoms with Gasteiger partial charge in [0, 0.05) is 18.3 Å². The first-order valence-electron chi connectivity index (χ1n) is 9.49. The van der Waals surface area contributed by atoms with Crippen LogP contribution in [0.3, 0.4) is 0 Å². The van der Waals surface area contributed by atoms with E-state index < -0.39 is 17.5 Å². The lowest BCUT2D eigenvalue weighted by molar-refractivity contribution is -0.128. The van der Waals surface area contributed by atoms with Crippen molar-refractivity contribution in [2.75, 3.05) is 24.2 Å². The molecule has 156 valence electrons. The molecule has 2 aliphatic heterocycles. The number of fused-ring (bicyclic) bond motifs is 1. The minimum absolute atomic E-state index is 0.0166. The number of para-hydroxylation sites is 2. The molecule has 4 rings (SSSR count). The van der Waals surface area contributed by atoms with Crippen LogP contribution in [0, 0.1) is 5.82 Å². The first-order chi connectivity index (χ1) is 14.3. The smallest absolute Gasteiger partial charge is 0.267 e. The number of guanidine groups is 1. The van der Waals surface area contributed by atoms with Gasteiger partial charge < -0.3 is 21.1 Å². The number of benzene rings is 2. The number of nitrogens with one attached hydrogen (secondary N) is 2. The van der Waals surface area contributed by atoms with Crippen LogP contribution in [0.5, 0.6) is 5.75 Å². The van der Waals surface area contributed by atoms with Gasteiger partial charge in [-0.15, -0.1) is 0 Å². The molecule has 0 spiro atoms. The van der Waals surface area contributed by atoms with E-state index in [1.807, 2.05) is 18.2 Å². The molecule has 2 atom stereocenters. The Morgan fingerprint density at radius 2 is 2.13 bits per heavy atom. The van der Waals surface area contributed by atoms with Gasteiger partial charge in [-0.1, -0.05) is 12.1 Å². The lowest BCUT2D eigenvalue weighted by Gasteiger charge is -2.34. The van der Waals surface area contributed by atoms with Crippen molar-refractivity contribution in [3.63, 3.8) is 0 Å². The van der Waals surface area contributed by atoms with Crippen molar-refractivity contribution < 1.29 is 18.7 Å². The lowest BCUT2D eigenvalue weighted by Crippen LogP contribution is -2.47. The molecule has 0 radical (unpaired) electrons. The van der Waals surface area contributed by atoms with Gasteiger partial charge in [-0.25, -0.2) is 9.38 Å². The van der Waals surface area contributed by atoms with Gasteiger partial charge in [0.1, 0.15) is 11.6 Å². The molecule has 0 saturated carbocycles. The van der Waals surface area contributed by atoms with Crippen molar-refractivity contribution in [1.82, 2.24) is 4.90 Å². The number of amides is 2. The predicted molar refractivity (Wildman–Crippen MR) is 111 cm³/mol. The molecule has 0 saturated heterocycles. The van der Waals surface area contributed by atoms with Crippen molar-refractivity contribution in [2.24, 2.45) is 10.7 Å². The highest BCUT2D eigenvalue weighted by Crippen LogP contribution is 2.36. The van der Waals surface area contributed by atoms with E-state index in [2.05, 4.69) is 15.6 Å². The normalized spacial score (nSPS) is 23.0. The van der Waals surface area contributed by atoms with Crippen molar-refractivity contribution in [3.8, 4) is 5.75 Å². The summed E-state index contributed by atoms with van der Waals surface area (Å²) in [4.78, 5) is 30.5. The molecule has 2 heterocycles. The minimum Gasteiger partial charge on any atom is -0.477 e. The average molecular weight is 411 g/mol. The summed E-state index contributed by atoms with van der Waals surface area (Å²) in [6.45, 7) is 1.94. The van der Waals surface area contributed by atoms with E-state index in [1.54, 1.807) is 13.0 Å². The summed E-state index contributed by atoms with van der Waals surface area (Å²) < 4.78 is 20.4. The Hall–Kier alpha value is -3.62.